The van der Waals surface area contributed by atoms with Crippen molar-refractivity contribution in [3.05, 3.63) is 29.8 Å². The van der Waals surface area contributed by atoms with Crippen LogP contribution in [0, 0.1) is 5.41 Å². The molecule has 5 nitrogen and oxygen atoms in total. The summed E-state index contributed by atoms with van der Waals surface area (Å²) >= 11 is 0. The molecule has 0 bridgehead atoms. The summed E-state index contributed by atoms with van der Waals surface area (Å²) in [5, 5.41) is 0. The summed E-state index contributed by atoms with van der Waals surface area (Å²) in [7, 11) is 1.76. The lowest BCUT2D eigenvalue weighted by Gasteiger charge is -2.47. The average Bonchev–Trinajstić information content (AvgIpc) is 3.19. The van der Waals surface area contributed by atoms with E-state index in [1.165, 1.54) is 50.8 Å². The van der Waals surface area contributed by atoms with Gasteiger partial charge in [-0.05, 0) is 76.6 Å². The molecule has 1 aromatic rings. The van der Waals surface area contributed by atoms with Crippen LogP contribution in [0.2, 0.25) is 0 Å². The Kier molecular flexibility index (Phi) is 6.40. The molecule has 166 valence electrons. The van der Waals surface area contributed by atoms with E-state index < -0.39 is 0 Å². The zero-order chi connectivity index (χ0) is 21.2. The van der Waals surface area contributed by atoms with E-state index in [1.54, 1.807) is 7.11 Å². The standard InChI is InChI=1S/C25H38N2O3/c1-24(2,29-3)12-15-30-23-7-5-4-6-22(23)20-9-13-27(14-10-20)21-8-11-25(16-21)17-26(18-25)19-28/h4-7,19-21H,8-18H2,1-3H3. The van der Waals surface area contributed by atoms with Crippen LogP contribution in [0.15, 0.2) is 24.3 Å². The number of methoxy groups -OCH3 is 1. The molecule has 3 aliphatic rings. The molecule has 1 amide bonds. The molecule has 4 rings (SSSR count). The van der Waals surface area contributed by atoms with Gasteiger partial charge in [-0.3, -0.25) is 4.79 Å². The van der Waals surface area contributed by atoms with Gasteiger partial charge in [0.15, 0.2) is 0 Å². The summed E-state index contributed by atoms with van der Waals surface area (Å²) < 4.78 is 11.7. The van der Waals surface area contributed by atoms with Crippen molar-refractivity contribution in [2.24, 2.45) is 5.41 Å². The van der Waals surface area contributed by atoms with Crippen LogP contribution in [0.1, 0.15) is 63.9 Å². The van der Waals surface area contributed by atoms with Crippen LogP contribution >= 0.6 is 0 Å². The highest BCUT2D eigenvalue weighted by molar-refractivity contribution is 5.49. The van der Waals surface area contributed by atoms with Gasteiger partial charge in [0.25, 0.3) is 0 Å². The first-order valence-corrected chi connectivity index (χ1v) is 11.6. The first-order chi connectivity index (χ1) is 14.4. The highest BCUT2D eigenvalue weighted by Crippen LogP contribution is 2.47. The van der Waals surface area contributed by atoms with Crippen molar-refractivity contribution in [3.63, 3.8) is 0 Å². The van der Waals surface area contributed by atoms with Crippen molar-refractivity contribution in [2.75, 3.05) is 39.9 Å². The van der Waals surface area contributed by atoms with Gasteiger partial charge in [0.1, 0.15) is 5.75 Å². The number of amides is 1. The van der Waals surface area contributed by atoms with Gasteiger partial charge in [0, 0.05) is 38.1 Å². The smallest absolute Gasteiger partial charge is 0.209 e. The van der Waals surface area contributed by atoms with Crippen LogP contribution in [0.25, 0.3) is 0 Å². The number of carbonyl (C=O) groups is 1. The van der Waals surface area contributed by atoms with Gasteiger partial charge in [-0.2, -0.15) is 0 Å². The number of carbonyl (C=O) groups excluding carboxylic acids is 1. The van der Waals surface area contributed by atoms with Crippen molar-refractivity contribution in [2.45, 2.75) is 69.9 Å². The van der Waals surface area contributed by atoms with Gasteiger partial charge in [-0.15, -0.1) is 0 Å². The highest BCUT2D eigenvalue weighted by atomic mass is 16.5. The lowest BCUT2D eigenvalue weighted by atomic mass is 9.78. The molecule has 2 aliphatic heterocycles. The zero-order valence-corrected chi connectivity index (χ0v) is 18.9. The van der Waals surface area contributed by atoms with Gasteiger partial charge in [0.05, 0.1) is 12.2 Å². The first kappa shape index (κ1) is 21.6. The van der Waals surface area contributed by atoms with Crippen LogP contribution in [0.5, 0.6) is 5.75 Å². The van der Waals surface area contributed by atoms with E-state index in [0.717, 1.165) is 31.7 Å². The summed E-state index contributed by atoms with van der Waals surface area (Å²) in [6, 6.07) is 9.31. The average molecular weight is 415 g/mol. The minimum atomic E-state index is -0.151. The maximum absolute atomic E-state index is 10.9. The molecule has 30 heavy (non-hydrogen) atoms. The van der Waals surface area contributed by atoms with Crippen molar-refractivity contribution in [3.8, 4) is 5.75 Å². The molecule has 5 heteroatoms. The predicted octanol–water partition coefficient (Wildman–Crippen LogP) is 4.07. The molecule has 2 heterocycles. The van der Waals surface area contributed by atoms with Gasteiger partial charge >= 0.3 is 0 Å². The van der Waals surface area contributed by atoms with Gasteiger partial charge in [0.2, 0.25) is 6.41 Å². The Bertz CT molecular complexity index is 721. The molecule has 1 unspecified atom stereocenters. The zero-order valence-electron chi connectivity index (χ0n) is 18.9. The molecule has 0 radical (unpaired) electrons. The lowest BCUT2D eigenvalue weighted by molar-refractivity contribution is -0.129. The molecule has 1 saturated carbocycles. The first-order valence-electron chi connectivity index (χ1n) is 11.6. The number of hydrogen-bond acceptors (Lipinski definition) is 4. The monoisotopic (exact) mass is 414 g/mol. The summed E-state index contributed by atoms with van der Waals surface area (Å²) in [6.45, 7) is 9.19. The molecule has 1 aliphatic carbocycles. The summed E-state index contributed by atoms with van der Waals surface area (Å²) in [5.41, 5.74) is 1.65. The van der Waals surface area contributed by atoms with Crippen LogP contribution in [-0.2, 0) is 9.53 Å². The second-order valence-electron chi connectivity index (χ2n) is 10.3. The van der Waals surface area contributed by atoms with Gasteiger partial charge in [-0.1, -0.05) is 18.2 Å². The fraction of sp³-hybridized carbons (Fsp3) is 0.720. The predicted molar refractivity (Wildman–Crippen MR) is 119 cm³/mol. The maximum atomic E-state index is 10.9. The van der Waals surface area contributed by atoms with E-state index >= 15 is 0 Å². The Balaban J connectivity index is 1.29. The topological polar surface area (TPSA) is 42.0 Å². The SMILES string of the molecule is COC(C)(C)CCOc1ccccc1C1CCN(C2CCC3(C2)CN(C=O)C3)CC1. The number of piperidine rings is 1. The van der Waals surface area contributed by atoms with E-state index in [2.05, 4.69) is 43.0 Å². The summed E-state index contributed by atoms with van der Waals surface area (Å²) in [6.07, 6.45) is 8.16. The molecule has 2 saturated heterocycles. The Morgan fingerprint density at radius 1 is 1.17 bits per heavy atom. The highest BCUT2D eigenvalue weighted by Gasteiger charge is 2.49. The van der Waals surface area contributed by atoms with E-state index in [1.807, 2.05) is 4.90 Å². The maximum Gasteiger partial charge on any atom is 0.209 e. The van der Waals surface area contributed by atoms with Crippen LogP contribution in [0.4, 0.5) is 0 Å². The Morgan fingerprint density at radius 3 is 2.60 bits per heavy atom. The molecular formula is C25H38N2O3. The third kappa shape index (κ3) is 4.67. The summed E-state index contributed by atoms with van der Waals surface area (Å²) in [5.74, 6) is 1.63. The van der Waals surface area contributed by atoms with Crippen molar-refractivity contribution in [1.82, 2.24) is 9.80 Å². The molecule has 3 fully saturated rings. The molecule has 1 aromatic carbocycles. The van der Waals surface area contributed by atoms with Crippen molar-refractivity contribution in [1.29, 1.82) is 0 Å². The van der Waals surface area contributed by atoms with Gasteiger partial charge in [-0.25, -0.2) is 0 Å². The Hall–Kier alpha value is -1.59. The second kappa shape index (κ2) is 8.88. The van der Waals surface area contributed by atoms with E-state index in [0.29, 0.717) is 24.0 Å². The minimum Gasteiger partial charge on any atom is -0.493 e. The molecule has 0 aromatic heterocycles. The third-order valence-electron chi connectivity index (χ3n) is 7.82. The fourth-order valence-corrected chi connectivity index (χ4v) is 5.70. The lowest BCUT2D eigenvalue weighted by Crippen LogP contribution is -2.55. The van der Waals surface area contributed by atoms with E-state index in [4.69, 9.17) is 9.47 Å². The number of nitrogens with zero attached hydrogens (tertiary/aromatic N) is 2. The Morgan fingerprint density at radius 2 is 1.90 bits per heavy atom. The molecule has 1 atom stereocenters. The molecule has 0 N–H and O–H groups in total. The van der Waals surface area contributed by atoms with Crippen molar-refractivity contribution >= 4 is 6.41 Å². The Labute approximate surface area is 181 Å². The van der Waals surface area contributed by atoms with E-state index in [-0.39, 0.29) is 5.60 Å². The second-order valence-corrected chi connectivity index (χ2v) is 10.3. The van der Waals surface area contributed by atoms with Gasteiger partial charge < -0.3 is 19.3 Å². The van der Waals surface area contributed by atoms with Crippen LogP contribution in [-0.4, -0.2) is 67.7 Å². The van der Waals surface area contributed by atoms with Crippen LogP contribution < -0.4 is 4.74 Å². The van der Waals surface area contributed by atoms with Crippen molar-refractivity contribution < 1.29 is 14.3 Å². The number of ether oxygens (including phenoxy) is 2. The summed E-state index contributed by atoms with van der Waals surface area (Å²) in [4.78, 5) is 15.6. The number of rotatable bonds is 8. The molecule has 1 spiro atoms. The largest absolute Gasteiger partial charge is 0.493 e. The van der Waals surface area contributed by atoms with E-state index in [9.17, 15) is 4.79 Å². The number of hydrogen-bond donors (Lipinski definition) is 0. The fourth-order valence-electron chi connectivity index (χ4n) is 5.70. The normalized spacial score (nSPS) is 24.8. The number of benzene rings is 1. The molecular weight excluding hydrogens is 376 g/mol. The minimum absolute atomic E-state index is 0.151. The number of para-hydroxylation sites is 1. The quantitative estimate of drug-likeness (QED) is 0.602. The third-order valence-corrected chi connectivity index (χ3v) is 7.82. The van der Waals surface area contributed by atoms with Crippen LogP contribution in [0.3, 0.4) is 0 Å². The number of likely N-dealkylation sites (tertiary alicyclic amines) is 2.